The van der Waals surface area contributed by atoms with Crippen LogP contribution in [0.1, 0.15) is 0 Å². The first-order valence-corrected chi connectivity index (χ1v) is 18.9. The van der Waals surface area contributed by atoms with Gasteiger partial charge in [0.05, 0.1) is 27.8 Å². The van der Waals surface area contributed by atoms with Gasteiger partial charge in [-0.3, -0.25) is 0 Å². The molecule has 0 atom stereocenters. The minimum absolute atomic E-state index is 0.619. The highest BCUT2D eigenvalue weighted by molar-refractivity contribution is 6.22. The van der Waals surface area contributed by atoms with E-state index in [1.54, 1.807) is 0 Å². The molecule has 11 rings (SSSR count). The van der Waals surface area contributed by atoms with E-state index in [4.69, 9.17) is 15.0 Å². The lowest BCUT2D eigenvalue weighted by Gasteiger charge is -2.15. The smallest absolute Gasteiger partial charge is 0.166 e. The van der Waals surface area contributed by atoms with Crippen molar-refractivity contribution in [1.82, 2.24) is 24.1 Å². The zero-order valence-corrected chi connectivity index (χ0v) is 30.3. The maximum atomic E-state index is 5.15. The van der Waals surface area contributed by atoms with Crippen LogP contribution in [0.15, 0.2) is 200 Å². The van der Waals surface area contributed by atoms with Crippen LogP contribution in [0.2, 0.25) is 0 Å². The lowest BCUT2D eigenvalue weighted by Crippen LogP contribution is -2.03. The maximum absolute atomic E-state index is 5.15. The fraction of sp³-hybridized carbons (Fsp3) is 0. The minimum Gasteiger partial charge on any atom is -0.309 e. The van der Waals surface area contributed by atoms with Gasteiger partial charge in [-0.15, -0.1) is 0 Å². The molecule has 0 aliphatic heterocycles. The van der Waals surface area contributed by atoms with Crippen LogP contribution in [-0.4, -0.2) is 24.1 Å². The Morgan fingerprint density at radius 3 is 1.29 bits per heavy atom. The highest BCUT2D eigenvalue weighted by atomic mass is 15.1. The largest absolute Gasteiger partial charge is 0.309 e. The summed E-state index contributed by atoms with van der Waals surface area (Å²) in [5.41, 5.74) is 11.9. The summed E-state index contributed by atoms with van der Waals surface area (Å²) < 4.78 is 4.76. The molecule has 8 aromatic carbocycles. The molecule has 3 aromatic heterocycles. The van der Waals surface area contributed by atoms with Gasteiger partial charge in [-0.25, -0.2) is 15.0 Å². The minimum atomic E-state index is 0.619. The van der Waals surface area contributed by atoms with E-state index in [9.17, 15) is 0 Å². The van der Waals surface area contributed by atoms with Gasteiger partial charge in [-0.05, 0) is 59.7 Å². The average molecular weight is 716 g/mol. The first-order chi connectivity index (χ1) is 27.8. The van der Waals surface area contributed by atoms with Crippen molar-refractivity contribution >= 4 is 43.6 Å². The molecule has 0 spiro atoms. The van der Waals surface area contributed by atoms with E-state index in [-0.39, 0.29) is 0 Å². The van der Waals surface area contributed by atoms with E-state index < -0.39 is 0 Å². The molecule has 11 aromatic rings. The first kappa shape index (κ1) is 31.9. The van der Waals surface area contributed by atoms with E-state index in [2.05, 4.69) is 149 Å². The number of aromatic nitrogens is 5. The van der Waals surface area contributed by atoms with Gasteiger partial charge in [-0.1, -0.05) is 152 Å². The van der Waals surface area contributed by atoms with Gasteiger partial charge in [0.25, 0.3) is 0 Å². The van der Waals surface area contributed by atoms with E-state index in [0.29, 0.717) is 17.5 Å². The molecule has 0 bridgehead atoms. The second-order valence-electron chi connectivity index (χ2n) is 14.0. The molecule has 0 amide bonds. The second-order valence-corrected chi connectivity index (χ2v) is 14.0. The van der Waals surface area contributed by atoms with Crippen molar-refractivity contribution in [3.63, 3.8) is 0 Å². The number of benzene rings is 8. The Kier molecular flexibility index (Phi) is 7.42. The van der Waals surface area contributed by atoms with Gasteiger partial charge >= 0.3 is 0 Å². The fourth-order valence-corrected chi connectivity index (χ4v) is 8.39. The monoisotopic (exact) mass is 715 g/mol. The Morgan fingerprint density at radius 2 is 0.696 bits per heavy atom. The highest BCUT2D eigenvalue weighted by Gasteiger charge is 2.22. The van der Waals surface area contributed by atoms with Gasteiger partial charge in [0, 0.05) is 43.9 Å². The molecule has 0 aliphatic rings. The molecule has 0 fully saturated rings. The number of hydrogen-bond donors (Lipinski definition) is 0. The molecule has 5 heteroatoms. The van der Waals surface area contributed by atoms with E-state index in [1.807, 2.05) is 60.7 Å². The average Bonchev–Trinajstić information content (AvgIpc) is 3.80. The molecule has 262 valence electrons. The third kappa shape index (κ3) is 5.06. The molecule has 0 saturated carbocycles. The van der Waals surface area contributed by atoms with Crippen LogP contribution in [-0.2, 0) is 0 Å². The molecule has 0 radical (unpaired) electrons. The highest BCUT2D eigenvalue weighted by Crippen LogP contribution is 2.44. The van der Waals surface area contributed by atoms with Crippen LogP contribution in [0, 0.1) is 0 Å². The van der Waals surface area contributed by atoms with Crippen molar-refractivity contribution in [3.05, 3.63) is 200 Å². The molecule has 5 nitrogen and oxygen atoms in total. The molecule has 0 aliphatic carbocycles. The number of para-hydroxylation sites is 4. The third-order valence-electron chi connectivity index (χ3n) is 10.8. The van der Waals surface area contributed by atoms with Crippen LogP contribution < -0.4 is 0 Å². The van der Waals surface area contributed by atoms with Crippen molar-refractivity contribution in [2.45, 2.75) is 0 Å². The van der Waals surface area contributed by atoms with Crippen molar-refractivity contribution in [3.8, 4) is 56.7 Å². The molecule has 0 saturated heterocycles. The quantitative estimate of drug-likeness (QED) is 0.172. The summed E-state index contributed by atoms with van der Waals surface area (Å²) in [4.78, 5) is 15.3. The number of rotatable bonds is 6. The van der Waals surface area contributed by atoms with Gasteiger partial charge in [0.15, 0.2) is 17.5 Å². The lowest BCUT2D eigenvalue weighted by molar-refractivity contribution is 1.06. The number of hydrogen-bond acceptors (Lipinski definition) is 3. The second kappa shape index (κ2) is 13.0. The Bertz CT molecular complexity index is 3180. The summed E-state index contributed by atoms with van der Waals surface area (Å²) in [6.45, 7) is 0. The molecule has 3 heterocycles. The van der Waals surface area contributed by atoms with E-state index in [0.717, 1.165) is 39.1 Å². The van der Waals surface area contributed by atoms with Crippen LogP contribution in [0.3, 0.4) is 0 Å². The molecular weight excluding hydrogens is 683 g/mol. The Morgan fingerprint density at radius 1 is 0.286 bits per heavy atom. The van der Waals surface area contributed by atoms with Crippen molar-refractivity contribution in [2.24, 2.45) is 0 Å². The van der Waals surface area contributed by atoms with Crippen LogP contribution in [0.4, 0.5) is 0 Å². The van der Waals surface area contributed by atoms with Crippen LogP contribution in [0.5, 0.6) is 0 Å². The Balaban J connectivity index is 1.18. The number of nitrogens with zero attached hydrogens (tertiary/aromatic N) is 5. The zero-order valence-electron chi connectivity index (χ0n) is 30.3. The third-order valence-corrected chi connectivity index (χ3v) is 10.8. The van der Waals surface area contributed by atoms with Gasteiger partial charge in [0.2, 0.25) is 0 Å². The maximum Gasteiger partial charge on any atom is 0.166 e. The fourth-order valence-electron chi connectivity index (χ4n) is 8.39. The summed E-state index contributed by atoms with van der Waals surface area (Å²) in [5.74, 6) is 1.89. The summed E-state index contributed by atoms with van der Waals surface area (Å²) in [6, 6.07) is 70.3. The SMILES string of the molecule is c1ccc(-c2nc(-c3ccccc3)nc(-c3ccccc3-n3c4ccccc4c4c(-c5cccc6c5c5ccccc5n6-c5ccccc5)cccc43)n2)cc1. The topological polar surface area (TPSA) is 48.5 Å². The Labute approximate surface area is 323 Å². The van der Waals surface area contributed by atoms with Gasteiger partial charge in [0.1, 0.15) is 0 Å². The van der Waals surface area contributed by atoms with Gasteiger partial charge < -0.3 is 9.13 Å². The van der Waals surface area contributed by atoms with E-state index in [1.165, 1.54) is 43.7 Å². The summed E-state index contributed by atoms with van der Waals surface area (Å²) in [5, 5.41) is 4.85. The normalized spacial score (nSPS) is 11.6. The molecule has 0 unspecified atom stereocenters. The van der Waals surface area contributed by atoms with Gasteiger partial charge in [-0.2, -0.15) is 0 Å². The molecular formula is C51H33N5. The summed E-state index contributed by atoms with van der Waals surface area (Å²) >= 11 is 0. The van der Waals surface area contributed by atoms with Crippen molar-refractivity contribution in [1.29, 1.82) is 0 Å². The predicted octanol–water partition coefficient (Wildman–Crippen LogP) is 12.7. The molecule has 0 N–H and O–H groups in total. The zero-order chi connectivity index (χ0) is 37.0. The van der Waals surface area contributed by atoms with Crippen molar-refractivity contribution < 1.29 is 0 Å². The standard InChI is InChI=1S/C51H33N5/c1-4-18-34(19-5-1)49-52-50(35-20-6-2-7-21-35)54-51(53-49)41-26-12-15-31-44(41)56-43-30-14-11-25-40(43)48-38(28-17-33-46(48)56)37-27-16-32-45-47(37)39-24-10-13-29-42(39)55(45)36-22-8-3-9-23-36/h1-33H. The van der Waals surface area contributed by atoms with E-state index >= 15 is 0 Å². The summed E-state index contributed by atoms with van der Waals surface area (Å²) in [7, 11) is 0. The van der Waals surface area contributed by atoms with Crippen LogP contribution in [0.25, 0.3) is 100 Å². The molecule has 56 heavy (non-hydrogen) atoms. The lowest BCUT2D eigenvalue weighted by atomic mass is 9.95. The predicted molar refractivity (Wildman–Crippen MR) is 230 cm³/mol. The summed E-state index contributed by atoms with van der Waals surface area (Å²) in [6.07, 6.45) is 0. The Hall–Kier alpha value is -7.63. The number of fused-ring (bicyclic) bond motifs is 6. The first-order valence-electron chi connectivity index (χ1n) is 18.9. The van der Waals surface area contributed by atoms with Crippen molar-refractivity contribution in [2.75, 3.05) is 0 Å². The van der Waals surface area contributed by atoms with Crippen LogP contribution >= 0.6 is 0 Å².